The van der Waals surface area contributed by atoms with Crippen LogP contribution in [0.1, 0.15) is 34.5 Å². The van der Waals surface area contributed by atoms with Gasteiger partial charge in [0.1, 0.15) is 5.82 Å². The number of nitrogens with zero attached hydrogens (tertiary/aromatic N) is 2. The normalized spacial score (nSPS) is 21.9. The van der Waals surface area contributed by atoms with Crippen molar-refractivity contribution in [3.8, 4) is 0 Å². The standard InChI is InChI=1S/C14H17N5O/c1-9-16-13(19-18-9)12-7-11(8-15-12)17-14(20)10-5-3-2-4-6-10/h2-6,11-12,15H,7-8H2,1H3,(H,17,20)(H,16,18,19). The summed E-state index contributed by atoms with van der Waals surface area (Å²) in [5.74, 6) is 1.53. The Balaban J connectivity index is 1.59. The molecule has 2 heterocycles. The van der Waals surface area contributed by atoms with Crippen LogP contribution in [0.25, 0.3) is 0 Å². The van der Waals surface area contributed by atoms with Crippen molar-refractivity contribution < 1.29 is 4.79 Å². The molecule has 1 aliphatic heterocycles. The molecule has 3 N–H and O–H groups in total. The molecule has 104 valence electrons. The lowest BCUT2D eigenvalue weighted by Gasteiger charge is -2.11. The molecule has 1 amide bonds. The number of hydrogen-bond donors (Lipinski definition) is 3. The Morgan fingerprint density at radius 2 is 2.15 bits per heavy atom. The van der Waals surface area contributed by atoms with E-state index in [4.69, 9.17) is 0 Å². The van der Waals surface area contributed by atoms with E-state index in [1.165, 1.54) is 0 Å². The Labute approximate surface area is 117 Å². The second kappa shape index (κ2) is 5.42. The van der Waals surface area contributed by atoms with E-state index in [2.05, 4.69) is 25.8 Å². The average Bonchev–Trinajstić information content (AvgIpc) is 3.09. The van der Waals surface area contributed by atoms with Gasteiger partial charge in [-0.15, -0.1) is 0 Å². The lowest BCUT2D eigenvalue weighted by Crippen LogP contribution is -2.36. The van der Waals surface area contributed by atoms with Gasteiger partial charge in [0.15, 0.2) is 5.82 Å². The van der Waals surface area contributed by atoms with E-state index in [0.717, 1.165) is 24.6 Å². The maximum atomic E-state index is 12.1. The predicted octanol–water partition coefficient (Wildman–Crippen LogP) is 0.946. The summed E-state index contributed by atoms with van der Waals surface area (Å²) in [6.45, 7) is 2.61. The minimum atomic E-state index is -0.0378. The second-order valence-corrected chi connectivity index (χ2v) is 5.01. The van der Waals surface area contributed by atoms with Crippen molar-refractivity contribution in [2.24, 2.45) is 0 Å². The van der Waals surface area contributed by atoms with Gasteiger partial charge in [-0.3, -0.25) is 9.89 Å². The van der Waals surface area contributed by atoms with Gasteiger partial charge in [-0.2, -0.15) is 5.10 Å². The maximum Gasteiger partial charge on any atom is 0.251 e. The second-order valence-electron chi connectivity index (χ2n) is 5.01. The highest BCUT2D eigenvalue weighted by molar-refractivity contribution is 5.94. The molecular formula is C14H17N5O. The topological polar surface area (TPSA) is 82.7 Å². The number of rotatable bonds is 3. The van der Waals surface area contributed by atoms with E-state index in [-0.39, 0.29) is 18.0 Å². The van der Waals surface area contributed by atoms with Crippen LogP contribution in [0, 0.1) is 6.92 Å². The highest BCUT2D eigenvalue weighted by atomic mass is 16.1. The molecule has 1 aromatic heterocycles. The third kappa shape index (κ3) is 2.70. The van der Waals surface area contributed by atoms with Crippen molar-refractivity contribution in [1.29, 1.82) is 0 Å². The molecule has 1 saturated heterocycles. The Kier molecular flexibility index (Phi) is 3.47. The van der Waals surface area contributed by atoms with Crippen molar-refractivity contribution >= 4 is 5.91 Å². The SMILES string of the molecule is Cc1nc(C2CC(NC(=O)c3ccccc3)CN2)n[nH]1. The number of aromatic nitrogens is 3. The number of amides is 1. The third-order valence-electron chi connectivity index (χ3n) is 3.43. The highest BCUT2D eigenvalue weighted by Gasteiger charge is 2.29. The van der Waals surface area contributed by atoms with Gasteiger partial charge in [0.05, 0.1) is 6.04 Å². The van der Waals surface area contributed by atoms with Crippen LogP contribution in [-0.2, 0) is 0 Å². The monoisotopic (exact) mass is 271 g/mol. The van der Waals surface area contributed by atoms with Crippen molar-refractivity contribution in [2.45, 2.75) is 25.4 Å². The lowest BCUT2D eigenvalue weighted by molar-refractivity contribution is 0.0939. The van der Waals surface area contributed by atoms with Gasteiger partial charge in [0.2, 0.25) is 0 Å². The van der Waals surface area contributed by atoms with Gasteiger partial charge in [-0.05, 0) is 25.5 Å². The molecule has 2 atom stereocenters. The predicted molar refractivity (Wildman–Crippen MR) is 74.2 cm³/mol. The number of nitrogens with one attached hydrogen (secondary N) is 3. The molecule has 0 aliphatic carbocycles. The summed E-state index contributed by atoms with van der Waals surface area (Å²) in [5.41, 5.74) is 0.685. The molecule has 0 radical (unpaired) electrons. The minimum Gasteiger partial charge on any atom is -0.348 e. The molecule has 1 aromatic carbocycles. The third-order valence-corrected chi connectivity index (χ3v) is 3.43. The van der Waals surface area contributed by atoms with Crippen LogP contribution >= 0.6 is 0 Å². The summed E-state index contributed by atoms with van der Waals surface area (Å²) in [4.78, 5) is 16.4. The zero-order valence-electron chi connectivity index (χ0n) is 11.3. The molecule has 6 nitrogen and oxygen atoms in total. The molecule has 3 rings (SSSR count). The van der Waals surface area contributed by atoms with Crippen LogP contribution in [0.3, 0.4) is 0 Å². The van der Waals surface area contributed by atoms with Gasteiger partial charge in [0.25, 0.3) is 5.91 Å². The fraction of sp³-hybridized carbons (Fsp3) is 0.357. The number of benzene rings is 1. The summed E-state index contributed by atoms with van der Waals surface area (Å²) in [6, 6.07) is 9.45. The van der Waals surface area contributed by atoms with E-state index in [9.17, 15) is 4.79 Å². The number of hydrogen-bond acceptors (Lipinski definition) is 4. The van der Waals surface area contributed by atoms with Crippen LogP contribution in [-0.4, -0.2) is 33.7 Å². The molecule has 0 saturated carbocycles. The molecule has 20 heavy (non-hydrogen) atoms. The van der Waals surface area contributed by atoms with Crippen molar-refractivity contribution in [3.05, 3.63) is 47.5 Å². The fourth-order valence-corrected chi connectivity index (χ4v) is 2.42. The zero-order chi connectivity index (χ0) is 13.9. The minimum absolute atomic E-state index is 0.0378. The van der Waals surface area contributed by atoms with Crippen LogP contribution in [0.4, 0.5) is 0 Å². The number of carbonyl (C=O) groups excluding carboxylic acids is 1. The van der Waals surface area contributed by atoms with E-state index >= 15 is 0 Å². The van der Waals surface area contributed by atoms with Gasteiger partial charge >= 0.3 is 0 Å². The summed E-state index contributed by atoms with van der Waals surface area (Å²) >= 11 is 0. The number of carbonyl (C=O) groups is 1. The molecule has 0 bridgehead atoms. The van der Waals surface area contributed by atoms with Crippen LogP contribution in [0.15, 0.2) is 30.3 Å². The summed E-state index contributed by atoms with van der Waals surface area (Å²) in [7, 11) is 0. The lowest BCUT2D eigenvalue weighted by atomic mass is 10.1. The highest BCUT2D eigenvalue weighted by Crippen LogP contribution is 2.20. The first kappa shape index (κ1) is 12.8. The Morgan fingerprint density at radius 1 is 1.35 bits per heavy atom. The number of aryl methyl sites for hydroxylation is 1. The molecule has 2 unspecified atom stereocenters. The smallest absolute Gasteiger partial charge is 0.251 e. The zero-order valence-corrected chi connectivity index (χ0v) is 11.3. The fourth-order valence-electron chi connectivity index (χ4n) is 2.42. The van der Waals surface area contributed by atoms with Gasteiger partial charge in [-0.25, -0.2) is 4.98 Å². The summed E-state index contributed by atoms with van der Waals surface area (Å²) in [5, 5.41) is 13.4. The van der Waals surface area contributed by atoms with Gasteiger partial charge < -0.3 is 10.6 Å². The Hall–Kier alpha value is -2.21. The van der Waals surface area contributed by atoms with Gasteiger partial charge in [-0.1, -0.05) is 18.2 Å². The first-order chi connectivity index (χ1) is 9.72. The van der Waals surface area contributed by atoms with Crippen molar-refractivity contribution in [3.63, 3.8) is 0 Å². The maximum absolute atomic E-state index is 12.1. The summed E-state index contributed by atoms with van der Waals surface area (Å²) in [6.07, 6.45) is 0.801. The molecule has 6 heteroatoms. The molecular weight excluding hydrogens is 254 g/mol. The number of H-pyrrole nitrogens is 1. The average molecular weight is 271 g/mol. The van der Waals surface area contributed by atoms with Crippen molar-refractivity contribution in [2.75, 3.05) is 6.54 Å². The van der Waals surface area contributed by atoms with Crippen LogP contribution in [0.5, 0.6) is 0 Å². The molecule has 2 aromatic rings. The van der Waals surface area contributed by atoms with Crippen LogP contribution < -0.4 is 10.6 Å². The molecule has 1 fully saturated rings. The van der Waals surface area contributed by atoms with Crippen LogP contribution in [0.2, 0.25) is 0 Å². The summed E-state index contributed by atoms with van der Waals surface area (Å²) < 4.78 is 0. The van der Waals surface area contributed by atoms with Gasteiger partial charge in [0, 0.05) is 18.2 Å². The van der Waals surface area contributed by atoms with E-state index in [1.54, 1.807) is 0 Å². The Morgan fingerprint density at radius 3 is 2.85 bits per heavy atom. The quantitative estimate of drug-likeness (QED) is 0.776. The first-order valence-corrected chi connectivity index (χ1v) is 6.70. The first-order valence-electron chi connectivity index (χ1n) is 6.70. The molecule has 0 spiro atoms. The van der Waals surface area contributed by atoms with E-state index in [0.29, 0.717) is 5.56 Å². The largest absolute Gasteiger partial charge is 0.348 e. The van der Waals surface area contributed by atoms with E-state index < -0.39 is 0 Å². The number of aromatic amines is 1. The molecule has 1 aliphatic rings. The van der Waals surface area contributed by atoms with E-state index in [1.807, 2.05) is 37.3 Å². The van der Waals surface area contributed by atoms with Crippen molar-refractivity contribution in [1.82, 2.24) is 25.8 Å². The Bertz CT molecular complexity index is 595.